The van der Waals surface area contributed by atoms with E-state index >= 15 is 0 Å². The zero-order chi connectivity index (χ0) is 28.8. The van der Waals surface area contributed by atoms with Crippen molar-refractivity contribution in [1.29, 1.82) is 0 Å². The van der Waals surface area contributed by atoms with Crippen molar-refractivity contribution < 1.29 is 23.7 Å². The first kappa shape index (κ1) is 29.2. The molecule has 40 heavy (non-hydrogen) atoms. The Balaban J connectivity index is 1.97. The first-order chi connectivity index (χ1) is 19.4. The van der Waals surface area contributed by atoms with Crippen molar-refractivity contribution in [1.82, 2.24) is 4.57 Å². The van der Waals surface area contributed by atoms with Gasteiger partial charge in [-0.25, -0.2) is 9.79 Å². The molecule has 0 saturated heterocycles. The van der Waals surface area contributed by atoms with Crippen molar-refractivity contribution in [3.05, 3.63) is 83.0 Å². The number of terminal acetylenes is 1. The maximum absolute atomic E-state index is 14.0. The van der Waals surface area contributed by atoms with Crippen molar-refractivity contribution >= 4 is 39.3 Å². The molecule has 0 amide bonds. The Hall–Kier alpha value is -3.81. The van der Waals surface area contributed by atoms with E-state index in [4.69, 9.17) is 30.4 Å². The average Bonchev–Trinajstić information content (AvgIpc) is 3.25. The minimum atomic E-state index is -0.791. The normalized spacial score (nSPS) is 14.7. The summed E-state index contributed by atoms with van der Waals surface area (Å²) in [5.41, 5.74) is 2.01. The molecule has 0 spiro atoms. The molecule has 2 heterocycles. The number of aromatic nitrogens is 1. The van der Waals surface area contributed by atoms with E-state index in [0.717, 1.165) is 16.5 Å². The van der Waals surface area contributed by atoms with Gasteiger partial charge in [0.15, 0.2) is 16.3 Å². The van der Waals surface area contributed by atoms with Gasteiger partial charge in [-0.2, -0.15) is 0 Å². The summed E-state index contributed by atoms with van der Waals surface area (Å²) in [4.78, 5) is 32.7. The van der Waals surface area contributed by atoms with Crippen molar-refractivity contribution in [3.8, 4) is 29.6 Å². The zero-order valence-corrected chi connectivity index (χ0v) is 25.1. The largest absolute Gasteiger partial charge is 0.496 e. The van der Waals surface area contributed by atoms with Crippen molar-refractivity contribution in [2.75, 3.05) is 27.4 Å². The Labute approximate surface area is 244 Å². The van der Waals surface area contributed by atoms with Gasteiger partial charge in [-0.1, -0.05) is 52.6 Å². The number of carbonyl (C=O) groups is 1. The minimum absolute atomic E-state index is 0.107. The number of allylic oxidation sites excluding steroid dienone is 1. The summed E-state index contributed by atoms with van der Waals surface area (Å²) in [6, 6.07) is 10.0. The number of rotatable bonds is 10. The van der Waals surface area contributed by atoms with Crippen LogP contribution in [0.15, 0.2) is 61.9 Å². The smallest absolute Gasteiger partial charge is 0.338 e. The molecule has 1 aliphatic rings. The Morgan fingerprint density at radius 2 is 1.90 bits per heavy atom. The number of carbonyl (C=O) groups excluding carboxylic acids is 1. The minimum Gasteiger partial charge on any atom is -0.496 e. The fraction of sp³-hybridized carbons (Fsp3) is 0.300. The molecule has 1 atom stereocenters. The number of esters is 1. The van der Waals surface area contributed by atoms with E-state index in [0.29, 0.717) is 49.8 Å². The van der Waals surface area contributed by atoms with Gasteiger partial charge >= 0.3 is 5.97 Å². The summed E-state index contributed by atoms with van der Waals surface area (Å²) < 4.78 is 24.9. The number of benzene rings is 2. The van der Waals surface area contributed by atoms with Crippen molar-refractivity contribution in [2.45, 2.75) is 32.7 Å². The molecule has 0 radical (unpaired) electrons. The van der Waals surface area contributed by atoms with Crippen LogP contribution in [0.1, 0.15) is 43.9 Å². The van der Waals surface area contributed by atoms with Gasteiger partial charge in [-0.15, -0.1) is 6.42 Å². The SMILES string of the molecule is C#CCOc1ccc(/C=c2/sc3n(c2=O)[C@H](c2cc(Br)ccc2OC)C(C(=O)OCC)=C(CCC)N=3)cc1OC. The molecular weight excluding hydrogens is 596 g/mol. The van der Waals surface area contributed by atoms with E-state index in [1.807, 2.05) is 25.1 Å². The molecule has 10 heteroatoms. The van der Waals surface area contributed by atoms with E-state index in [2.05, 4.69) is 21.9 Å². The second-order valence-corrected chi connectivity index (χ2v) is 10.6. The predicted molar refractivity (Wildman–Crippen MR) is 158 cm³/mol. The standard InChI is InChI=1S/C30H29BrN2O6S/c1-6-9-21-26(29(35)38-8-3)27(20-17-19(31)11-13-22(20)36-4)33-28(34)25(40-30(33)32-21)16-18-10-12-23(39-14-7-2)24(15-18)37-5/h2,10-13,15-17,27H,6,8-9,14H2,1,3-5H3/b25-16+/t27-/m1/s1. The van der Waals surface area contributed by atoms with E-state index in [1.54, 1.807) is 42.9 Å². The van der Waals surface area contributed by atoms with Crippen LogP contribution < -0.4 is 29.1 Å². The van der Waals surface area contributed by atoms with Crippen LogP contribution >= 0.6 is 27.3 Å². The molecule has 1 aliphatic heterocycles. The molecule has 0 bridgehead atoms. The third-order valence-electron chi connectivity index (χ3n) is 6.17. The van der Waals surface area contributed by atoms with Gasteiger partial charge in [0.05, 0.1) is 36.6 Å². The van der Waals surface area contributed by atoms with Crippen LogP contribution in [0.25, 0.3) is 6.08 Å². The number of nitrogens with zero attached hydrogens (tertiary/aromatic N) is 2. The van der Waals surface area contributed by atoms with Crippen LogP contribution in [0.5, 0.6) is 17.2 Å². The summed E-state index contributed by atoms with van der Waals surface area (Å²) in [6.45, 7) is 4.06. The van der Waals surface area contributed by atoms with Gasteiger partial charge < -0.3 is 18.9 Å². The lowest BCUT2D eigenvalue weighted by Gasteiger charge is -2.27. The van der Waals surface area contributed by atoms with Crippen molar-refractivity contribution in [3.63, 3.8) is 0 Å². The lowest BCUT2D eigenvalue weighted by molar-refractivity contribution is -0.139. The number of thiazole rings is 1. The van der Waals surface area contributed by atoms with Crippen LogP contribution in [0, 0.1) is 12.3 Å². The maximum Gasteiger partial charge on any atom is 0.338 e. The van der Waals surface area contributed by atoms with Gasteiger partial charge in [-0.05, 0) is 55.3 Å². The molecule has 0 N–H and O–H groups in total. The van der Waals surface area contributed by atoms with Gasteiger partial charge in [-0.3, -0.25) is 9.36 Å². The zero-order valence-electron chi connectivity index (χ0n) is 22.7. The van der Waals surface area contributed by atoms with E-state index < -0.39 is 12.0 Å². The number of ether oxygens (including phenoxy) is 4. The van der Waals surface area contributed by atoms with Crippen molar-refractivity contribution in [2.24, 2.45) is 4.99 Å². The summed E-state index contributed by atoms with van der Waals surface area (Å²) in [7, 11) is 3.09. The molecule has 1 aromatic heterocycles. The fourth-order valence-electron chi connectivity index (χ4n) is 4.50. The summed E-state index contributed by atoms with van der Waals surface area (Å²) in [5, 5.41) is 0. The number of hydrogen-bond acceptors (Lipinski definition) is 8. The lowest BCUT2D eigenvalue weighted by atomic mass is 9.93. The van der Waals surface area contributed by atoms with Crippen LogP contribution in [-0.2, 0) is 9.53 Å². The fourth-order valence-corrected chi connectivity index (χ4v) is 5.90. The number of hydrogen-bond donors (Lipinski definition) is 0. The summed E-state index contributed by atoms with van der Waals surface area (Å²) >= 11 is 4.79. The molecule has 3 aromatic rings. The van der Waals surface area contributed by atoms with Crippen LogP contribution in [-0.4, -0.2) is 38.0 Å². The average molecular weight is 626 g/mol. The molecule has 0 aliphatic carbocycles. The molecule has 4 rings (SSSR count). The van der Waals surface area contributed by atoms with Gasteiger partial charge in [0.2, 0.25) is 0 Å². The Kier molecular flexibility index (Phi) is 9.50. The first-order valence-electron chi connectivity index (χ1n) is 12.7. The van der Waals surface area contributed by atoms with Crippen LogP contribution in [0.2, 0.25) is 0 Å². The van der Waals surface area contributed by atoms with Crippen LogP contribution in [0.3, 0.4) is 0 Å². The predicted octanol–water partition coefficient (Wildman–Crippen LogP) is 4.37. The quantitative estimate of drug-likeness (QED) is 0.246. The molecule has 208 valence electrons. The third-order valence-corrected chi connectivity index (χ3v) is 7.65. The van der Waals surface area contributed by atoms with E-state index in [1.165, 1.54) is 18.4 Å². The number of methoxy groups -OCH3 is 2. The van der Waals surface area contributed by atoms with Gasteiger partial charge in [0, 0.05) is 10.0 Å². The molecule has 0 unspecified atom stereocenters. The Morgan fingerprint density at radius 1 is 1.15 bits per heavy atom. The highest BCUT2D eigenvalue weighted by Crippen LogP contribution is 2.38. The van der Waals surface area contributed by atoms with Gasteiger partial charge in [0.1, 0.15) is 18.4 Å². The molecule has 0 fully saturated rings. The molecule has 8 nitrogen and oxygen atoms in total. The molecule has 2 aromatic carbocycles. The second kappa shape index (κ2) is 13.0. The first-order valence-corrected chi connectivity index (χ1v) is 14.3. The van der Waals surface area contributed by atoms with E-state index in [9.17, 15) is 9.59 Å². The highest BCUT2D eigenvalue weighted by Gasteiger charge is 2.36. The van der Waals surface area contributed by atoms with Crippen LogP contribution in [0.4, 0.5) is 0 Å². The third kappa shape index (κ3) is 5.86. The Morgan fingerprint density at radius 3 is 2.58 bits per heavy atom. The topological polar surface area (TPSA) is 88.4 Å². The highest BCUT2D eigenvalue weighted by atomic mass is 79.9. The monoisotopic (exact) mass is 624 g/mol. The summed E-state index contributed by atoms with van der Waals surface area (Å²) in [6.07, 6.45) is 8.37. The second-order valence-electron chi connectivity index (χ2n) is 8.70. The number of fused-ring (bicyclic) bond motifs is 1. The maximum atomic E-state index is 14.0. The number of halogens is 1. The van der Waals surface area contributed by atoms with E-state index in [-0.39, 0.29) is 18.8 Å². The Bertz CT molecular complexity index is 1680. The molecule has 0 saturated carbocycles. The highest BCUT2D eigenvalue weighted by molar-refractivity contribution is 9.10. The van der Waals surface area contributed by atoms with Gasteiger partial charge in [0.25, 0.3) is 5.56 Å². The summed E-state index contributed by atoms with van der Waals surface area (Å²) in [5.74, 6) is 3.45. The molecular formula is C30H29BrN2O6S. The lowest BCUT2D eigenvalue weighted by Crippen LogP contribution is -2.40.